The van der Waals surface area contributed by atoms with Crippen molar-refractivity contribution in [2.45, 2.75) is 0 Å². The molecule has 1 fully saturated rings. The van der Waals surface area contributed by atoms with Crippen molar-refractivity contribution in [2.24, 2.45) is 0 Å². The first-order valence-electron chi connectivity index (χ1n) is 7.75. The Hall–Kier alpha value is -1.89. The third-order valence-corrected chi connectivity index (χ3v) is 4.28. The molecule has 0 aliphatic carbocycles. The van der Waals surface area contributed by atoms with Crippen molar-refractivity contribution in [1.29, 1.82) is 0 Å². The number of nitrogens with zero attached hydrogens (tertiary/aromatic N) is 2. The van der Waals surface area contributed by atoms with Gasteiger partial charge in [-0.3, -0.25) is 14.8 Å². The molecule has 3 N–H and O–H groups in total. The second-order valence-corrected chi connectivity index (χ2v) is 5.89. The van der Waals surface area contributed by atoms with Crippen molar-refractivity contribution in [3.8, 4) is 11.3 Å². The molecule has 0 saturated carbocycles. The smallest absolute Gasteiger partial charge is 0.255 e. The van der Waals surface area contributed by atoms with Crippen LogP contribution < -0.4 is 10.6 Å². The lowest BCUT2D eigenvalue weighted by Crippen LogP contribution is -2.46. The maximum absolute atomic E-state index is 12.4. The highest BCUT2D eigenvalue weighted by molar-refractivity contribution is 6.33. The Morgan fingerprint density at radius 1 is 1.30 bits per heavy atom. The van der Waals surface area contributed by atoms with Gasteiger partial charge in [0.25, 0.3) is 5.91 Å². The van der Waals surface area contributed by atoms with Crippen LogP contribution in [0.5, 0.6) is 0 Å². The quantitative estimate of drug-likeness (QED) is 0.772. The number of halogens is 1. The zero-order valence-corrected chi connectivity index (χ0v) is 13.6. The lowest BCUT2D eigenvalue weighted by Gasteiger charge is -2.27. The van der Waals surface area contributed by atoms with Crippen LogP contribution in [-0.2, 0) is 0 Å². The third kappa shape index (κ3) is 3.90. The number of hydrogen-bond donors (Lipinski definition) is 3. The number of H-pyrrole nitrogens is 1. The molecular formula is C16H20ClN5O. The highest BCUT2D eigenvalue weighted by Gasteiger charge is 2.17. The van der Waals surface area contributed by atoms with Gasteiger partial charge >= 0.3 is 0 Å². The van der Waals surface area contributed by atoms with Gasteiger partial charge in [0.05, 0.1) is 17.5 Å². The molecule has 0 radical (unpaired) electrons. The number of carbonyl (C=O) groups is 1. The van der Waals surface area contributed by atoms with Crippen molar-refractivity contribution < 1.29 is 4.79 Å². The molecule has 0 spiro atoms. The Balaban J connectivity index is 1.62. The Kier molecular flexibility index (Phi) is 5.27. The minimum absolute atomic E-state index is 0.135. The van der Waals surface area contributed by atoms with Crippen LogP contribution in [0.4, 0.5) is 0 Å². The minimum Gasteiger partial charge on any atom is -0.351 e. The van der Waals surface area contributed by atoms with Crippen molar-refractivity contribution in [1.82, 2.24) is 25.7 Å². The van der Waals surface area contributed by atoms with E-state index in [2.05, 4.69) is 25.7 Å². The van der Waals surface area contributed by atoms with Crippen molar-refractivity contribution in [2.75, 3.05) is 39.3 Å². The number of rotatable bonds is 5. The molecule has 2 aromatic rings. The maximum atomic E-state index is 12.4. The molecule has 0 bridgehead atoms. The van der Waals surface area contributed by atoms with E-state index in [-0.39, 0.29) is 5.91 Å². The average molecular weight is 334 g/mol. The predicted molar refractivity (Wildman–Crippen MR) is 90.7 cm³/mol. The second-order valence-electron chi connectivity index (χ2n) is 5.49. The zero-order chi connectivity index (χ0) is 16.1. The fourth-order valence-electron chi connectivity index (χ4n) is 2.69. The number of aromatic amines is 1. The van der Waals surface area contributed by atoms with Gasteiger partial charge in [0.2, 0.25) is 0 Å². The van der Waals surface area contributed by atoms with Gasteiger partial charge in [0, 0.05) is 49.9 Å². The predicted octanol–water partition coefficient (Wildman–Crippen LogP) is 1.37. The monoisotopic (exact) mass is 333 g/mol. The van der Waals surface area contributed by atoms with Crippen molar-refractivity contribution in [3.05, 3.63) is 41.0 Å². The van der Waals surface area contributed by atoms with Gasteiger partial charge in [-0.15, -0.1) is 0 Å². The van der Waals surface area contributed by atoms with Crippen molar-refractivity contribution in [3.63, 3.8) is 0 Å². The van der Waals surface area contributed by atoms with Crippen LogP contribution in [0.25, 0.3) is 11.3 Å². The topological polar surface area (TPSA) is 73.1 Å². The molecule has 2 heterocycles. The summed E-state index contributed by atoms with van der Waals surface area (Å²) in [5.74, 6) is -0.135. The summed E-state index contributed by atoms with van der Waals surface area (Å²) in [5.41, 5.74) is 1.94. The summed E-state index contributed by atoms with van der Waals surface area (Å²) in [4.78, 5) is 14.7. The van der Waals surface area contributed by atoms with Crippen LogP contribution in [0.2, 0.25) is 5.02 Å². The first kappa shape index (κ1) is 16.0. The number of carbonyl (C=O) groups excluding carboxylic acids is 1. The summed E-state index contributed by atoms with van der Waals surface area (Å²) in [6, 6.07) is 7.40. The Morgan fingerprint density at radius 3 is 2.87 bits per heavy atom. The Morgan fingerprint density at radius 2 is 2.09 bits per heavy atom. The van der Waals surface area contributed by atoms with Crippen LogP contribution in [-0.4, -0.2) is 60.3 Å². The van der Waals surface area contributed by atoms with Crippen LogP contribution >= 0.6 is 11.6 Å². The number of hydrogen-bond acceptors (Lipinski definition) is 4. The zero-order valence-electron chi connectivity index (χ0n) is 12.8. The average Bonchev–Trinajstić information content (AvgIpc) is 3.06. The summed E-state index contributed by atoms with van der Waals surface area (Å²) in [5, 5.41) is 13.7. The van der Waals surface area contributed by atoms with E-state index in [0.717, 1.165) is 38.3 Å². The first-order chi connectivity index (χ1) is 11.3. The van der Waals surface area contributed by atoms with Gasteiger partial charge in [-0.2, -0.15) is 5.10 Å². The van der Waals surface area contributed by atoms with Gasteiger partial charge in [-0.25, -0.2) is 0 Å². The highest BCUT2D eigenvalue weighted by atomic mass is 35.5. The molecule has 0 unspecified atom stereocenters. The second kappa shape index (κ2) is 7.59. The normalized spacial score (nSPS) is 15.5. The van der Waals surface area contributed by atoms with Gasteiger partial charge < -0.3 is 10.6 Å². The molecule has 1 saturated heterocycles. The molecule has 1 aromatic heterocycles. The van der Waals surface area contributed by atoms with Gasteiger partial charge in [-0.05, 0) is 6.07 Å². The largest absolute Gasteiger partial charge is 0.351 e. The highest BCUT2D eigenvalue weighted by Crippen LogP contribution is 2.28. The molecular weight excluding hydrogens is 314 g/mol. The fourth-order valence-corrected chi connectivity index (χ4v) is 2.92. The lowest BCUT2D eigenvalue weighted by molar-refractivity contribution is 0.0948. The standard InChI is InChI=1S/C16H20ClN5O/c17-14-4-2-1-3-12(14)15-13(11-20-21-15)16(23)19-7-10-22-8-5-18-6-9-22/h1-4,11,18H,5-10H2,(H,19,23)(H,20,21). The summed E-state index contributed by atoms with van der Waals surface area (Å²) >= 11 is 6.21. The molecule has 0 atom stereocenters. The summed E-state index contributed by atoms with van der Waals surface area (Å²) in [6.07, 6.45) is 1.54. The number of benzene rings is 1. The summed E-state index contributed by atoms with van der Waals surface area (Å²) < 4.78 is 0. The molecule has 1 aliphatic rings. The number of nitrogens with one attached hydrogen (secondary N) is 3. The SMILES string of the molecule is O=C(NCCN1CCNCC1)c1cn[nH]c1-c1ccccc1Cl. The molecule has 6 nitrogen and oxygen atoms in total. The van der Waals surface area contributed by atoms with Gasteiger partial charge in [0.15, 0.2) is 0 Å². The van der Waals surface area contributed by atoms with E-state index < -0.39 is 0 Å². The van der Waals surface area contributed by atoms with E-state index in [0.29, 0.717) is 22.8 Å². The first-order valence-corrected chi connectivity index (χ1v) is 8.13. The van der Waals surface area contributed by atoms with E-state index in [1.165, 1.54) is 0 Å². The molecule has 7 heteroatoms. The van der Waals surface area contributed by atoms with E-state index in [1.54, 1.807) is 12.3 Å². The van der Waals surface area contributed by atoms with Gasteiger partial charge in [-0.1, -0.05) is 29.8 Å². The van der Waals surface area contributed by atoms with Gasteiger partial charge in [0.1, 0.15) is 0 Å². The third-order valence-electron chi connectivity index (χ3n) is 3.95. The molecule has 1 aromatic carbocycles. The van der Waals surface area contributed by atoms with Crippen LogP contribution in [0.3, 0.4) is 0 Å². The van der Waals surface area contributed by atoms with Crippen molar-refractivity contribution >= 4 is 17.5 Å². The molecule has 122 valence electrons. The van der Waals surface area contributed by atoms with Crippen LogP contribution in [0, 0.1) is 0 Å². The molecule has 1 amide bonds. The number of piperazine rings is 1. The molecule has 1 aliphatic heterocycles. The number of aromatic nitrogens is 2. The van der Waals surface area contributed by atoms with E-state index in [9.17, 15) is 4.79 Å². The Labute approximate surface area is 140 Å². The number of amides is 1. The Bertz CT molecular complexity index is 666. The summed E-state index contributed by atoms with van der Waals surface area (Å²) in [6.45, 7) is 5.52. The minimum atomic E-state index is -0.135. The summed E-state index contributed by atoms with van der Waals surface area (Å²) in [7, 11) is 0. The van der Waals surface area contributed by atoms with E-state index in [1.807, 2.05) is 18.2 Å². The van der Waals surface area contributed by atoms with Crippen LogP contribution in [0.15, 0.2) is 30.5 Å². The van der Waals surface area contributed by atoms with E-state index >= 15 is 0 Å². The molecule has 23 heavy (non-hydrogen) atoms. The lowest BCUT2D eigenvalue weighted by atomic mass is 10.1. The fraction of sp³-hybridized carbons (Fsp3) is 0.375. The maximum Gasteiger partial charge on any atom is 0.255 e. The van der Waals surface area contributed by atoms with E-state index in [4.69, 9.17) is 11.6 Å². The van der Waals surface area contributed by atoms with Crippen LogP contribution in [0.1, 0.15) is 10.4 Å². The molecule has 3 rings (SSSR count).